The molecule has 1 aliphatic heterocycles. The molecule has 0 atom stereocenters. The van der Waals surface area contributed by atoms with Gasteiger partial charge in [-0.3, -0.25) is 4.98 Å². The minimum atomic E-state index is 0.755. The van der Waals surface area contributed by atoms with Gasteiger partial charge in [-0.15, -0.1) is 0 Å². The van der Waals surface area contributed by atoms with E-state index in [-0.39, 0.29) is 0 Å². The molecule has 3 rings (SSSR count). The monoisotopic (exact) mass is 217 g/mol. The number of hydrogen-bond donors (Lipinski definition) is 1. The lowest BCUT2D eigenvalue weighted by Crippen LogP contribution is -2.43. The number of rotatable bonds is 3. The number of hydrogen-bond acceptors (Lipinski definition) is 3. The van der Waals surface area contributed by atoms with Crippen molar-refractivity contribution < 1.29 is 0 Å². The minimum Gasteiger partial charge on any atom is -0.371 e. The number of nitrogens with one attached hydrogen (secondary N) is 1. The van der Waals surface area contributed by atoms with Gasteiger partial charge in [0.1, 0.15) is 0 Å². The molecule has 1 saturated heterocycles. The third-order valence-corrected chi connectivity index (χ3v) is 3.57. The van der Waals surface area contributed by atoms with Gasteiger partial charge in [0.05, 0.1) is 0 Å². The van der Waals surface area contributed by atoms with Crippen LogP contribution in [0.25, 0.3) is 0 Å². The Morgan fingerprint density at radius 2 is 1.62 bits per heavy atom. The molecule has 2 heterocycles. The normalized spacial score (nSPS) is 22.4. The standard InChI is InChI=1S/C13H19N3/c1-2-11(1)15-12-5-9-16(10-6-12)13-3-7-14-8-4-13/h3-4,7-8,11-12,15H,1-2,5-6,9-10H2. The number of pyridine rings is 1. The van der Waals surface area contributed by atoms with Gasteiger partial charge < -0.3 is 10.2 Å². The molecule has 1 saturated carbocycles. The van der Waals surface area contributed by atoms with Crippen LogP contribution in [-0.4, -0.2) is 30.2 Å². The van der Waals surface area contributed by atoms with Crippen LogP contribution in [0.5, 0.6) is 0 Å². The lowest BCUT2D eigenvalue weighted by Gasteiger charge is -2.34. The Kier molecular flexibility index (Phi) is 2.79. The summed E-state index contributed by atoms with van der Waals surface area (Å²) < 4.78 is 0. The molecule has 1 aliphatic carbocycles. The van der Waals surface area contributed by atoms with Crippen molar-refractivity contribution in [3.8, 4) is 0 Å². The molecular formula is C13H19N3. The van der Waals surface area contributed by atoms with Gasteiger partial charge in [0.2, 0.25) is 0 Å². The molecule has 3 heteroatoms. The van der Waals surface area contributed by atoms with Gasteiger partial charge in [0.25, 0.3) is 0 Å². The van der Waals surface area contributed by atoms with Gasteiger partial charge in [-0.2, -0.15) is 0 Å². The molecule has 0 aromatic carbocycles. The summed E-state index contributed by atoms with van der Waals surface area (Å²) in [5.74, 6) is 0. The van der Waals surface area contributed by atoms with Crippen molar-refractivity contribution in [3.05, 3.63) is 24.5 Å². The zero-order valence-corrected chi connectivity index (χ0v) is 9.60. The van der Waals surface area contributed by atoms with Crippen LogP contribution in [0.1, 0.15) is 25.7 Å². The molecule has 16 heavy (non-hydrogen) atoms. The summed E-state index contributed by atoms with van der Waals surface area (Å²) in [5.41, 5.74) is 1.32. The number of nitrogens with zero attached hydrogens (tertiary/aromatic N) is 2. The van der Waals surface area contributed by atoms with Crippen LogP contribution in [0.3, 0.4) is 0 Å². The van der Waals surface area contributed by atoms with Crippen molar-refractivity contribution >= 4 is 5.69 Å². The Morgan fingerprint density at radius 1 is 1.00 bits per heavy atom. The lowest BCUT2D eigenvalue weighted by molar-refractivity contribution is 0.413. The van der Waals surface area contributed by atoms with E-state index in [1.54, 1.807) is 0 Å². The smallest absolute Gasteiger partial charge is 0.0397 e. The highest BCUT2D eigenvalue weighted by molar-refractivity contribution is 5.44. The summed E-state index contributed by atoms with van der Waals surface area (Å²) in [7, 11) is 0. The summed E-state index contributed by atoms with van der Waals surface area (Å²) in [6.45, 7) is 2.35. The summed E-state index contributed by atoms with van der Waals surface area (Å²) >= 11 is 0. The maximum absolute atomic E-state index is 4.06. The predicted molar refractivity (Wildman–Crippen MR) is 65.6 cm³/mol. The zero-order chi connectivity index (χ0) is 10.8. The van der Waals surface area contributed by atoms with Crippen LogP contribution in [0.4, 0.5) is 5.69 Å². The summed E-state index contributed by atoms with van der Waals surface area (Å²) in [4.78, 5) is 6.53. The van der Waals surface area contributed by atoms with Crippen LogP contribution in [0, 0.1) is 0 Å². The Hall–Kier alpha value is -1.09. The van der Waals surface area contributed by atoms with E-state index in [0.29, 0.717) is 0 Å². The van der Waals surface area contributed by atoms with Gasteiger partial charge in [-0.1, -0.05) is 0 Å². The van der Waals surface area contributed by atoms with Crippen molar-refractivity contribution in [2.75, 3.05) is 18.0 Å². The van der Waals surface area contributed by atoms with Crippen molar-refractivity contribution in [2.45, 2.75) is 37.8 Å². The van der Waals surface area contributed by atoms with Gasteiger partial charge in [-0.05, 0) is 37.8 Å². The molecule has 0 bridgehead atoms. The molecule has 0 unspecified atom stereocenters. The highest BCUT2D eigenvalue weighted by Gasteiger charge is 2.26. The van der Waals surface area contributed by atoms with Crippen molar-refractivity contribution in [1.82, 2.24) is 10.3 Å². The summed E-state index contributed by atoms with van der Waals surface area (Å²) in [6, 6.07) is 5.81. The van der Waals surface area contributed by atoms with Crippen LogP contribution >= 0.6 is 0 Å². The van der Waals surface area contributed by atoms with Crippen molar-refractivity contribution in [2.24, 2.45) is 0 Å². The molecule has 1 N–H and O–H groups in total. The van der Waals surface area contributed by atoms with Gasteiger partial charge in [-0.25, -0.2) is 0 Å². The molecule has 0 spiro atoms. The first-order chi connectivity index (χ1) is 7.92. The zero-order valence-electron chi connectivity index (χ0n) is 9.60. The van der Waals surface area contributed by atoms with E-state index in [4.69, 9.17) is 0 Å². The first-order valence-corrected chi connectivity index (χ1v) is 6.33. The maximum Gasteiger partial charge on any atom is 0.0397 e. The van der Waals surface area contributed by atoms with Gasteiger partial charge >= 0.3 is 0 Å². The molecular weight excluding hydrogens is 198 g/mol. The molecule has 3 nitrogen and oxygen atoms in total. The second-order valence-electron chi connectivity index (χ2n) is 4.91. The Morgan fingerprint density at radius 3 is 2.25 bits per heavy atom. The molecule has 1 aromatic rings. The lowest BCUT2D eigenvalue weighted by atomic mass is 10.0. The first kappa shape index (κ1) is 10.1. The van der Waals surface area contributed by atoms with E-state index in [0.717, 1.165) is 12.1 Å². The van der Waals surface area contributed by atoms with E-state index in [1.807, 2.05) is 12.4 Å². The highest BCUT2D eigenvalue weighted by atomic mass is 15.2. The third-order valence-electron chi connectivity index (χ3n) is 3.57. The Bertz CT molecular complexity index is 326. The molecule has 2 aliphatic rings. The fraction of sp³-hybridized carbons (Fsp3) is 0.615. The van der Waals surface area contributed by atoms with Crippen LogP contribution in [0.2, 0.25) is 0 Å². The minimum absolute atomic E-state index is 0.755. The fourth-order valence-electron chi connectivity index (χ4n) is 2.44. The average molecular weight is 217 g/mol. The molecule has 86 valence electrons. The Balaban J connectivity index is 1.53. The summed E-state index contributed by atoms with van der Waals surface area (Å²) in [5, 5.41) is 3.73. The molecule has 2 fully saturated rings. The van der Waals surface area contributed by atoms with Crippen molar-refractivity contribution in [3.63, 3.8) is 0 Å². The maximum atomic E-state index is 4.06. The van der Waals surface area contributed by atoms with Gasteiger partial charge in [0, 0.05) is 43.3 Å². The largest absolute Gasteiger partial charge is 0.371 e. The summed E-state index contributed by atoms with van der Waals surface area (Å²) in [6.07, 6.45) is 9.10. The molecule has 0 amide bonds. The van der Waals surface area contributed by atoms with E-state index < -0.39 is 0 Å². The molecule has 1 aromatic heterocycles. The highest BCUT2D eigenvalue weighted by Crippen LogP contribution is 2.24. The molecule has 0 radical (unpaired) electrons. The van der Waals surface area contributed by atoms with E-state index in [2.05, 4.69) is 27.3 Å². The first-order valence-electron chi connectivity index (χ1n) is 6.33. The van der Waals surface area contributed by atoms with Crippen LogP contribution < -0.4 is 10.2 Å². The fourth-order valence-corrected chi connectivity index (χ4v) is 2.44. The van der Waals surface area contributed by atoms with Crippen LogP contribution in [-0.2, 0) is 0 Å². The number of anilines is 1. The number of piperidine rings is 1. The SMILES string of the molecule is c1cc(N2CCC(NC3CC3)CC2)ccn1. The number of aromatic nitrogens is 1. The van der Waals surface area contributed by atoms with Crippen molar-refractivity contribution in [1.29, 1.82) is 0 Å². The van der Waals surface area contributed by atoms with E-state index in [1.165, 1.54) is 44.5 Å². The van der Waals surface area contributed by atoms with Gasteiger partial charge in [0.15, 0.2) is 0 Å². The average Bonchev–Trinajstić information content (AvgIpc) is 3.15. The Labute approximate surface area is 96.9 Å². The third kappa shape index (κ3) is 2.35. The topological polar surface area (TPSA) is 28.2 Å². The van der Waals surface area contributed by atoms with Crippen LogP contribution in [0.15, 0.2) is 24.5 Å². The van der Waals surface area contributed by atoms with E-state index >= 15 is 0 Å². The quantitative estimate of drug-likeness (QED) is 0.837. The predicted octanol–water partition coefficient (Wildman–Crippen LogP) is 1.80. The second-order valence-corrected chi connectivity index (χ2v) is 4.91. The van der Waals surface area contributed by atoms with E-state index in [9.17, 15) is 0 Å². The second kappa shape index (κ2) is 4.42.